The van der Waals surface area contributed by atoms with E-state index >= 15 is 0 Å². The number of halogens is 2. The van der Waals surface area contributed by atoms with Gasteiger partial charge >= 0.3 is 0 Å². The minimum atomic E-state index is -0.612. The Morgan fingerprint density at radius 1 is 1.12 bits per heavy atom. The smallest absolute Gasteiger partial charge is 0.161 e. The lowest BCUT2D eigenvalue weighted by Crippen LogP contribution is -2.50. The Labute approximate surface area is 198 Å². The lowest BCUT2D eigenvalue weighted by Gasteiger charge is -2.49. The zero-order valence-corrected chi connectivity index (χ0v) is 19.7. The van der Waals surface area contributed by atoms with E-state index in [9.17, 15) is 13.6 Å². The Balaban J connectivity index is 1.40. The predicted molar refractivity (Wildman–Crippen MR) is 126 cm³/mol. The molecule has 1 saturated heterocycles. The summed E-state index contributed by atoms with van der Waals surface area (Å²) in [6.07, 6.45) is 10.3. The van der Waals surface area contributed by atoms with E-state index < -0.39 is 11.6 Å². The summed E-state index contributed by atoms with van der Waals surface area (Å²) in [5, 5.41) is 9.09. The zero-order valence-electron chi connectivity index (χ0n) is 19.7. The van der Waals surface area contributed by atoms with Crippen molar-refractivity contribution in [2.45, 2.75) is 57.3 Å². The van der Waals surface area contributed by atoms with Gasteiger partial charge in [-0.2, -0.15) is 10.2 Å². The summed E-state index contributed by atoms with van der Waals surface area (Å²) in [7, 11) is 0. The molecule has 3 aliphatic carbocycles. The van der Waals surface area contributed by atoms with Crippen molar-refractivity contribution in [3.05, 3.63) is 71.1 Å². The summed E-state index contributed by atoms with van der Waals surface area (Å²) < 4.78 is 29.0. The number of nitrogens with zero attached hydrogens (tertiary/aromatic N) is 3. The van der Waals surface area contributed by atoms with Crippen molar-refractivity contribution in [2.24, 2.45) is 11.3 Å². The van der Waals surface area contributed by atoms with Gasteiger partial charge in [-0.25, -0.2) is 8.78 Å². The third kappa shape index (κ3) is 2.90. The van der Waals surface area contributed by atoms with Crippen LogP contribution in [0, 0.1) is 23.0 Å². The number of carbonyl (C=O) groups excluding carboxylic acids is 1. The molecule has 0 amide bonds. The van der Waals surface area contributed by atoms with Crippen molar-refractivity contribution < 1.29 is 13.6 Å². The number of rotatable bonds is 3. The van der Waals surface area contributed by atoms with Crippen molar-refractivity contribution in [3.63, 3.8) is 0 Å². The molecular weight excluding hydrogens is 432 g/mol. The van der Waals surface area contributed by atoms with E-state index in [0.717, 1.165) is 55.7 Å². The molecule has 2 bridgehead atoms. The van der Waals surface area contributed by atoms with Crippen LogP contribution in [0.3, 0.4) is 0 Å². The molecule has 0 spiro atoms. The van der Waals surface area contributed by atoms with Crippen LogP contribution in [0.15, 0.2) is 48.2 Å². The van der Waals surface area contributed by atoms with Crippen LogP contribution in [0.4, 0.5) is 8.78 Å². The molecule has 6 heteroatoms. The lowest BCUT2D eigenvalue weighted by atomic mass is 9.59. The van der Waals surface area contributed by atoms with Gasteiger partial charge in [-0.05, 0) is 78.8 Å². The lowest BCUT2D eigenvalue weighted by molar-refractivity contribution is -0.114. The van der Waals surface area contributed by atoms with Crippen LogP contribution in [0.25, 0.3) is 11.3 Å². The fourth-order valence-electron chi connectivity index (χ4n) is 7.56. The van der Waals surface area contributed by atoms with E-state index in [4.69, 9.17) is 5.10 Å². The monoisotopic (exact) mass is 461 g/mol. The highest BCUT2D eigenvalue weighted by Gasteiger charge is 2.66. The fraction of sp³-hybridized carbons (Fsp3) is 0.464. The van der Waals surface area contributed by atoms with Crippen LogP contribution in [-0.2, 0) is 10.2 Å². The van der Waals surface area contributed by atoms with Crippen molar-refractivity contribution in [1.29, 1.82) is 0 Å². The first-order valence-electron chi connectivity index (χ1n) is 12.3. The van der Waals surface area contributed by atoms with Gasteiger partial charge in [0.25, 0.3) is 0 Å². The molecule has 1 aromatic heterocycles. The van der Waals surface area contributed by atoms with E-state index in [-0.39, 0.29) is 27.9 Å². The number of ketones is 1. The SMILES string of the molecule is CC1(C)[C@H]2CC[C@]1([C@H]1CCCN(C3=CC=CC(=O)C3)C1)c1nnc(-c3c(F)cccc3F)cc12. The number of benzene rings is 1. The summed E-state index contributed by atoms with van der Waals surface area (Å²) in [5.41, 5.74) is 3.26. The Kier molecular flexibility index (Phi) is 4.81. The highest BCUT2D eigenvalue weighted by molar-refractivity contribution is 5.92. The Morgan fingerprint density at radius 2 is 1.91 bits per heavy atom. The molecule has 0 radical (unpaired) electrons. The van der Waals surface area contributed by atoms with Crippen LogP contribution >= 0.6 is 0 Å². The summed E-state index contributed by atoms with van der Waals surface area (Å²) >= 11 is 0. The number of piperidine rings is 1. The second kappa shape index (κ2) is 7.56. The van der Waals surface area contributed by atoms with Crippen molar-refractivity contribution in [3.8, 4) is 11.3 Å². The highest BCUT2D eigenvalue weighted by atomic mass is 19.1. The molecule has 1 aromatic carbocycles. The molecule has 0 unspecified atom stereocenters. The van der Waals surface area contributed by atoms with Gasteiger partial charge in [0.2, 0.25) is 0 Å². The van der Waals surface area contributed by atoms with E-state index in [2.05, 4.69) is 29.9 Å². The van der Waals surface area contributed by atoms with Crippen molar-refractivity contribution in [1.82, 2.24) is 15.1 Å². The molecule has 34 heavy (non-hydrogen) atoms. The first-order chi connectivity index (χ1) is 16.3. The average molecular weight is 462 g/mol. The summed E-state index contributed by atoms with van der Waals surface area (Å²) in [6.45, 7) is 6.53. The summed E-state index contributed by atoms with van der Waals surface area (Å²) in [4.78, 5) is 14.4. The Bertz CT molecular complexity index is 1230. The standard InChI is InChI=1S/C28H29F2N3O/c1-27(2)21-11-12-28(27,17-6-5-13-33(16-17)18-7-3-8-19(34)14-18)26-20(21)15-24(31-32-26)25-22(29)9-4-10-23(25)30/h3-4,7-10,15,17,21H,5-6,11-14,16H2,1-2H3/t17-,21-,28-/m0/s1. The maximum absolute atomic E-state index is 14.5. The molecule has 1 saturated carbocycles. The number of aromatic nitrogens is 2. The largest absolute Gasteiger partial charge is 0.374 e. The zero-order chi connectivity index (χ0) is 23.7. The van der Waals surface area contributed by atoms with E-state index in [0.29, 0.717) is 18.3 Å². The van der Waals surface area contributed by atoms with E-state index in [1.807, 2.05) is 12.1 Å². The molecule has 2 aromatic rings. The third-order valence-corrected chi connectivity index (χ3v) is 9.14. The molecule has 6 rings (SSSR count). The van der Waals surface area contributed by atoms with Crippen LogP contribution in [0.5, 0.6) is 0 Å². The molecule has 2 fully saturated rings. The average Bonchev–Trinajstić information content (AvgIpc) is 3.20. The molecular formula is C28H29F2N3O. The second-order valence-electron chi connectivity index (χ2n) is 10.9. The van der Waals surface area contributed by atoms with Gasteiger partial charge in [0.15, 0.2) is 5.78 Å². The number of likely N-dealkylation sites (tertiary alicyclic amines) is 1. The van der Waals surface area contributed by atoms with Gasteiger partial charge in [-0.15, -0.1) is 0 Å². The van der Waals surface area contributed by atoms with Gasteiger partial charge in [-0.3, -0.25) is 4.79 Å². The number of carbonyl (C=O) groups is 1. The van der Waals surface area contributed by atoms with Crippen LogP contribution < -0.4 is 0 Å². The van der Waals surface area contributed by atoms with Crippen molar-refractivity contribution in [2.75, 3.05) is 13.1 Å². The first-order valence-corrected chi connectivity index (χ1v) is 12.3. The number of allylic oxidation sites excluding steroid dienone is 4. The van der Waals surface area contributed by atoms with Crippen LogP contribution in [0.1, 0.15) is 63.1 Å². The molecule has 4 nitrogen and oxygen atoms in total. The fourth-order valence-corrected chi connectivity index (χ4v) is 7.56. The topological polar surface area (TPSA) is 46.1 Å². The molecule has 0 N–H and O–H groups in total. The minimum absolute atomic E-state index is 0.0270. The molecule has 3 atom stereocenters. The quantitative estimate of drug-likeness (QED) is 0.588. The highest BCUT2D eigenvalue weighted by Crippen LogP contribution is 2.70. The van der Waals surface area contributed by atoms with Gasteiger partial charge in [0.1, 0.15) is 11.6 Å². The minimum Gasteiger partial charge on any atom is -0.374 e. The molecule has 176 valence electrons. The van der Waals surface area contributed by atoms with Gasteiger partial charge in [0.05, 0.1) is 23.4 Å². The maximum Gasteiger partial charge on any atom is 0.161 e. The van der Waals surface area contributed by atoms with Gasteiger partial charge in [0, 0.05) is 24.2 Å². The van der Waals surface area contributed by atoms with Crippen molar-refractivity contribution >= 4 is 5.78 Å². The Morgan fingerprint density at radius 3 is 2.68 bits per heavy atom. The first kappa shape index (κ1) is 21.6. The molecule has 1 aliphatic heterocycles. The number of hydrogen-bond donors (Lipinski definition) is 0. The molecule has 2 heterocycles. The van der Waals surface area contributed by atoms with Gasteiger partial charge in [-0.1, -0.05) is 26.0 Å². The predicted octanol–water partition coefficient (Wildman–Crippen LogP) is 5.70. The van der Waals surface area contributed by atoms with E-state index in [1.54, 1.807) is 6.08 Å². The van der Waals surface area contributed by atoms with Gasteiger partial charge < -0.3 is 4.90 Å². The van der Waals surface area contributed by atoms with Crippen LogP contribution in [0.2, 0.25) is 0 Å². The third-order valence-electron chi connectivity index (χ3n) is 9.14. The van der Waals surface area contributed by atoms with E-state index in [1.165, 1.54) is 18.2 Å². The maximum atomic E-state index is 14.5. The second-order valence-corrected chi connectivity index (χ2v) is 10.9. The summed E-state index contributed by atoms with van der Waals surface area (Å²) in [5.74, 6) is -0.392. The normalized spacial score (nSPS) is 29.4. The number of hydrogen-bond acceptors (Lipinski definition) is 4. The number of fused-ring (bicyclic) bond motifs is 5. The van der Waals surface area contributed by atoms with Crippen LogP contribution in [-0.4, -0.2) is 34.0 Å². The molecule has 4 aliphatic rings. The Hall–Kier alpha value is -2.89. The summed E-state index contributed by atoms with van der Waals surface area (Å²) in [6, 6.07) is 5.79.